The van der Waals surface area contributed by atoms with Crippen molar-refractivity contribution < 1.29 is 19.5 Å². The lowest BCUT2D eigenvalue weighted by Gasteiger charge is -2.12. The number of amides is 2. The molecule has 0 aliphatic heterocycles. The zero-order chi connectivity index (χ0) is 23.1. The van der Waals surface area contributed by atoms with Crippen molar-refractivity contribution in [1.29, 1.82) is 0 Å². The third-order valence-corrected chi connectivity index (χ3v) is 6.66. The Labute approximate surface area is 197 Å². The van der Waals surface area contributed by atoms with Crippen LogP contribution in [0.4, 0.5) is 10.8 Å². The quantitative estimate of drug-likeness (QED) is 0.370. The number of rotatable bonds is 9. The fraction of sp³-hybridized carbons (Fsp3) is 0.190. The van der Waals surface area contributed by atoms with Crippen LogP contribution in [0.1, 0.15) is 34.6 Å². The van der Waals surface area contributed by atoms with Crippen LogP contribution in [-0.2, 0) is 4.79 Å². The van der Waals surface area contributed by atoms with Crippen LogP contribution in [0.2, 0.25) is 0 Å². The first-order chi connectivity index (χ1) is 15.4. The standard InChI is InChI=1S/C21H20N4O4S3/c1-3-30-21-24-20(32-25-21)23-17(26)12(2)31-14-8-6-7-13(11-14)22-18(27)15-9-4-5-10-16(15)19(28)29/h4-12H,3H2,1-2H3,(H,22,27)(H,28,29)(H,23,24,25,26). The zero-order valence-electron chi connectivity index (χ0n) is 17.2. The number of aromatic nitrogens is 2. The van der Waals surface area contributed by atoms with Crippen molar-refractivity contribution in [3.8, 4) is 0 Å². The lowest BCUT2D eigenvalue weighted by Crippen LogP contribution is -2.22. The molecule has 0 spiro atoms. The van der Waals surface area contributed by atoms with E-state index in [1.807, 2.05) is 13.0 Å². The van der Waals surface area contributed by atoms with Crippen LogP contribution >= 0.6 is 35.1 Å². The number of nitrogens with one attached hydrogen (secondary N) is 2. The van der Waals surface area contributed by atoms with Crippen LogP contribution in [0.15, 0.2) is 58.6 Å². The number of carbonyl (C=O) groups is 3. The molecule has 0 bridgehead atoms. The van der Waals surface area contributed by atoms with E-state index in [1.165, 1.54) is 35.7 Å². The molecule has 1 aromatic heterocycles. The minimum absolute atomic E-state index is 0.0713. The molecule has 1 atom stereocenters. The number of carboxylic acids is 1. The van der Waals surface area contributed by atoms with Crippen LogP contribution in [0.25, 0.3) is 0 Å². The molecule has 3 rings (SSSR count). The molecule has 2 amide bonds. The molecule has 0 radical (unpaired) electrons. The minimum Gasteiger partial charge on any atom is -0.478 e. The molecule has 1 heterocycles. The minimum atomic E-state index is -1.17. The van der Waals surface area contributed by atoms with E-state index in [-0.39, 0.29) is 17.0 Å². The van der Waals surface area contributed by atoms with Crippen LogP contribution in [0.3, 0.4) is 0 Å². The van der Waals surface area contributed by atoms with Gasteiger partial charge in [-0.15, -0.1) is 11.8 Å². The smallest absolute Gasteiger partial charge is 0.336 e. The zero-order valence-corrected chi connectivity index (χ0v) is 19.6. The summed E-state index contributed by atoms with van der Waals surface area (Å²) in [5.41, 5.74) is 0.500. The van der Waals surface area contributed by atoms with Gasteiger partial charge in [-0.25, -0.2) is 4.79 Å². The Bertz CT molecular complexity index is 1140. The summed E-state index contributed by atoms with van der Waals surface area (Å²) in [5, 5.41) is 15.4. The number of hydrogen-bond donors (Lipinski definition) is 3. The summed E-state index contributed by atoms with van der Waals surface area (Å²) in [6, 6.07) is 13.0. The van der Waals surface area contributed by atoms with Gasteiger partial charge < -0.3 is 10.4 Å². The van der Waals surface area contributed by atoms with Crippen molar-refractivity contribution in [3.63, 3.8) is 0 Å². The molecule has 0 saturated heterocycles. The molecule has 166 valence electrons. The first-order valence-corrected chi connectivity index (χ1v) is 12.2. The highest BCUT2D eigenvalue weighted by Gasteiger charge is 2.18. The molecule has 2 aromatic carbocycles. The summed E-state index contributed by atoms with van der Waals surface area (Å²) in [7, 11) is 0. The van der Waals surface area contributed by atoms with Gasteiger partial charge in [0, 0.05) is 22.1 Å². The van der Waals surface area contributed by atoms with Crippen molar-refractivity contribution in [1.82, 2.24) is 9.36 Å². The number of nitrogens with zero attached hydrogens (tertiary/aromatic N) is 2. The Balaban J connectivity index is 1.63. The monoisotopic (exact) mass is 488 g/mol. The van der Waals surface area contributed by atoms with E-state index in [2.05, 4.69) is 20.0 Å². The number of carboxylic acid groups (broad SMARTS) is 1. The van der Waals surface area contributed by atoms with E-state index in [9.17, 15) is 19.5 Å². The van der Waals surface area contributed by atoms with Crippen LogP contribution < -0.4 is 10.6 Å². The average Bonchev–Trinajstić information content (AvgIpc) is 3.21. The molecule has 3 N–H and O–H groups in total. The van der Waals surface area contributed by atoms with Crippen molar-refractivity contribution in [2.75, 3.05) is 16.4 Å². The fourth-order valence-corrected chi connectivity index (χ4v) is 4.83. The molecule has 3 aromatic rings. The van der Waals surface area contributed by atoms with Gasteiger partial charge in [-0.1, -0.05) is 36.9 Å². The number of hydrogen-bond acceptors (Lipinski definition) is 8. The highest BCUT2D eigenvalue weighted by Crippen LogP contribution is 2.27. The maximum atomic E-state index is 12.6. The predicted octanol–water partition coefficient (Wildman–Crippen LogP) is 4.72. The number of aromatic carboxylic acids is 1. The van der Waals surface area contributed by atoms with Gasteiger partial charge in [0.2, 0.25) is 16.2 Å². The average molecular weight is 489 g/mol. The maximum absolute atomic E-state index is 12.6. The van der Waals surface area contributed by atoms with E-state index in [0.29, 0.717) is 16.0 Å². The van der Waals surface area contributed by atoms with E-state index < -0.39 is 17.1 Å². The lowest BCUT2D eigenvalue weighted by molar-refractivity contribution is -0.115. The van der Waals surface area contributed by atoms with Gasteiger partial charge >= 0.3 is 5.97 Å². The second kappa shape index (κ2) is 11.1. The van der Waals surface area contributed by atoms with Gasteiger partial charge in [-0.3, -0.25) is 14.9 Å². The van der Waals surface area contributed by atoms with Crippen molar-refractivity contribution in [3.05, 3.63) is 59.7 Å². The number of benzene rings is 2. The molecular formula is C21H20N4O4S3. The van der Waals surface area contributed by atoms with Gasteiger partial charge in [0.05, 0.1) is 16.4 Å². The van der Waals surface area contributed by atoms with E-state index in [0.717, 1.165) is 22.2 Å². The normalized spacial score (nSPS) is 11.6. The largest absolute Gasteiger partial charge is 0.478 e. The van der Waals surface area contributed by atoms with Gasteiger partial charge in [0.25, 0.3) is 5.91 Å². The molecule has 0 aliphatic rings. The Morgan fingerprint density at radius 2 is 1.84 bits per heavy atom. The fourth-order valence-electron chi connectivity index (χ4n) is 2.63. The Morgan fingerprint density at radius 3 is 2.56 bits per heavy atom. The number of anilines is 2. The number of thioether (sulfide) groups is 2. The number of carbonyl (C=O) groups excluding carboxylic acids is 2. The summed E-state index contributed by atoms with van der Waals surface area (Å²) in [5.74, 6) is -1.04. The SMILES string of the molecule is CCSc1nsc(NC(=O)C(C)Sc2cccc(NC(=O)c3ccccc3C(=O)O)c2)n1. The second-order valence-corrected chi connectivity index (χ2v) is 9.79. The van der Waals surface area contributed by atoms with Crippen molar-refractivity contribution in [2.24, 2.45) is 0 Å². The summed E-state index contributed by atoms with van der Waals surface area (Å²) < 4.78 is 4.18. The van der Waals surface area contributed by atoms with Crippen LogP contribution in [0, 0.1) is 0 Å². The van der Waals surface area contributed by atoms with Crippen LogP contribution in [0.5, 0.6) is 0 Å². The molecule has 0 fully saturated rings. The van der Waals surface area contributed by atoms with E-state index >= 15 is 0 Å². The molecule has 32 heavy (non-hydrogen) atoms. The predicted molar refractivity (Wildman–Crippen MR) is 128 cm³/mol. The van der Waals surface area contributed by atoms with Crippen molar-refractivity contribution in [2.45, 2.75) is 29.1 Å². The molecular weight excluding hydrogens is 468 g/mol. The second-order valence-electron chi connectivity index (χ2n) is 6.40. The van der Waals surface area contributed by atoms with Gasteiger partial charge in [-0.2, -0.15) is 9.36 Å². The lowest BCUT2D eigenvalue weighted by atomic mass is 10.1. The molecule has 1 unspecified atom stereocenters. The maximum Gasteiger partial charge on any atom is 0.336 e. The summed E-state index contributed by atoms with van der Waals surface area (Å²) in [6.45, 7) is 3.78. The Kier molecular flexibility index (Phi) is 8.26. The highest BCUT2D eigenvalue weighted by molar-refractivity contribution is 8.00. The third kappa shape index (κ3) is 6.31. The van der Waals surface area contributed by atoms with Gasteiger partial charge in [-0.05, 0) is 43.0 Å². The van der Waals surface area contributed by atoms with Crippen LogP contribution in [-0.4, -0.2) is 43.3 Å². The third-order valence-electron chi connectivity index (χ3n) is 4.09. The molecule has 0 aliphatic carbocycles. The van der Waals surface area contributed by atoms with Gasteiger partial charge in [0.1, 0.15) is 0 Å². The Hall–Kier alpha value is -2.89. The molecule has 0 saturated carbocycles. The molecule has 8 nitrogen and oxygen atoms in total. The molecule has 11 heteroatoms. The first kappa shape index (κ1) is 23.8. The Morgan fingerprint density at radius 1 is 1.09 bits per heavy atom. The summed E-state index contributed by atoms with van der Waals surface area (Å²) in [6.07, 6.45) is 0. The summed E-state index contributed by atoms with van der Waals surface area (Å²) >= 11 is 3.97. The topological polar surface area (TPSA) is 121 Å². The van der Waals surface area contributed by atoms with Gasteiger partial charge in [0.15, 0.2) is 0 Å². The summed E-state index contributed by atoms with van der Waals surface area (Å²) in [4.78, 5) is 41.5. The first-order valence-electron chi connectivity index (χ1n) is 9.55. The van der Waals surface area contributed by atoms with E-state index in [1.54, 1.807) is 37.3 Å². The van der Waals surface area contributed by atoms with Crippen molar-refractivity contribution >= 4 is 63.7 Å². The highest BCUT2D eigenvalue weighted by atomic mass is 32.2. The van der Waals surface area contributed by atoms with E-state index in [4.69, 9.17) is 0 Å².